The van der Waals surface area contributed by atoms with Crippen molar-refractivity contribution >= 4 is 11.6 Å². The highest BCUT2D eigenvalue weighted by Gasteiger charge is 2.69. The molecule has 1 spiro atoms. The van der Waals surface area contributed by atoms with Crippen LogP contribution < -0.4 is 0 Å². The zero-order chi connectivity index (χ0) is 21.4. The van der Waals surface area contributed by atoms with Crippen molar-refractivity contribution in [2.45, 2.75) is 70.4 Å². The predicted molar refractivity (Wildman–Crippen MR) is 113 cm³/mol. The molecule has 4 saturated heterocycles. The van der Waals surface area contributed by atoms with Gasteiger partial charge in [0.15, 0.2) is 18.1 Å². The first kappa shape index (κ1) is 20.1. The lowest BCUT2D eigenvalue weighted by Gasteiger charge is -2.60. The molecule has 1 unspecified atom stereocenters. The van der Waals surface area contributed by atoms with E-state index in [1.165, 1.54) is 6.42 Å². The van der Waals surface area contributed by atoms with Gasteiger partial charge in [-0.05, 0) is 50.2 Å². The van der Waals surface area contributed by atoms with E-state index in [0.29, 0.717) is 16.9 Å². The lowest BCUT2D eigenvalue weighted by molar-refractivity contribution is -0.574. The van der Waals surface area contributed by atoms with Crippen LogP contribution in [0.1, 0.15) is 52.7 Å². The molecule has 1 aromatic carbocycles. The van der Waals surface area contributed by atoms with Gasteiger partial charge in [-0.15, -0.1) is 5.10 Å². The molecule has 1 saturated carbocycles. The molecular weight excluding hydrogens is 418 g/mol. The molecular formula is C23H28ClN3O4. The molecule has 8 heteroatoms. The maximum Gasteiger partial charge on any atom is 0.201 e. The number of benzene rings is 1. The summed E-state index contributed by atoms with van der Waals surface area (Å²) >= 11 is 6.16. The molecule has 0 amide bonds. The summed E-state index contributed by atoms with van der Waals surface area (Å²) in [5.41, 5.74) is 1.13. The Labute approximate surface area is 186 Å². The van der Waals surface area contributed by atoms with Crippen LogP contribution in [0.15, 0.2) is 30.5 Å². The average molecular weight is 446 g/mol. The SMILES string of the molecule is C[C@@H]1CC[C@H]2[C@@H](C)C(n3cc(-c4cccc(Cl)c4)nn3)O[C@@H]3O[C@@]4(C)CC[C@@H]1[C@]32OO4. The maximum atomic E-state index is 6.62. The van der Waals surface area contributed by atoms with Crippen LogP contribution in [0.4, 0.5) is 0 Å². The van der Waals surface area contributed by atoms with Gasteiger partial charge in [-0.3, -0.25) is 0 Å². The Bertz CT molecular complexity index is 1000. The molecule has 5 aliphatic rings. The third kappa shape index (κ3) is 2.94. The molecule has 7 rings (SSSR count). The minimum atomic E-state index is -0.781. The standard InChI is InChI=1S/C23H28ClN3O4/c1-13-7-8-18-14(2)20(27-12-19(25-26-27)15-5-4-6-16(24)11-15)28-21-23(18)17(13)9-10-22(3,29-21)30-31-23/h4-6,11-14,17-18,20-21H,7-10H2,1-3H3/t13-,14-,17+,18+,20?,21-,22-,23-/m1/s1. The predicted octanol–water partition coefficient (Wildman–Crippen LogP) is 4.98. The van der Waals surface area contributed by atoms with Crippen molar-refractivity contribution < 1.29 is 19.2 Å². The zero-order valence-electron chi connectivity index (χ0n) is 18.0. The number of rotatable bonds is 2. The minimum Gasteiger partial charge on any atom is -0.324 e. The molecule has 5 fully saturated rings. The molecule has 166 valence electrons. The van der Waals surface area contributed by atoms with E-state index in [0.717, 1.165) is 30.5 Å². The molecule has 0 N–H and O–H groups in total. The summed E-state index contributed by atoms with van der Waals surface area (Å²) in [6.07, 6.45) is 5.20. The van der Waals surface area contributed by atoms with E-state index < -0.39 is 17.7 Å². The van der Waals surface area contributed by atoms with Gasteiger partial charge in [0.1, 0.15) is 5.69 Å². The second kappa shape index (κ2) is 6.99. The van der Waals surface area contributed by atoms with E-state index in [-0.39, 0.29) is 18.1 Å². The van der Waals surface area contributed by atoms with Gasteiger partial charge in [-0.2, -0.15) is 0 Å². The van der Waals surface area contributed by atoms with Crippen LogP contribution in [0, 0.1) is 23.7 Å². The Kier molecular flexibility index (Phi) is 4.54. The monoisotopic (exact) mass is 445 g/mol. The second-order valence-corrected chi connectivity index (χ2v) is 10.3. The van der Waals surface area contributed by atoms with E-state index in [9.17, 15) is 0 Å². The largest absolute Gasteiger partial charge is 0.324 e. The van der Waals surface area contributed by atoms with E-state index in [2.05, 4.69) is 24.2 Å². The first-order valence-corrected chi connectivity index (χ1v) is 11.7. The van der Waals surface area contributed by atoms with Gasteiger partial charge in [-0.25, -0.2) is 14.5 Å². The Morgan fingerprint density at radius 1 is 1.13 bits per heavy atom. The third-order valence-electron chi connectivity index (χ3n) is 8.01. The van der Waals surface area contributed by atoms with Crippen molar-refractivity contribution in [2.24, 2.45) is 23.7 Å². The van der Waals surface area contributed by atoms with Crippen molar-refractivity contribution in [3.8, 4) is 11.3 Å². The lowest BCUT2D eigenvalue weighted by atomic mass is 9.58. The fraction of sp³-hybridized carbons (Fsp3) is 0.652. The quantitative estimate of drug-likeness (QED) is 0.607. The summed E-state index contributed by atoms with van der Waals surface area (Å²) in [7, 11) is 0. The van der Waals surface area contributed by atoms with Gasteiger partial charge < -0.3 is 9.47 Å². The Hall–Kier alpha value is -1.51. The smallest absolute Gasteiger partial charge is 0.201 e. The number of nitrogens with zero attached hydrogens (tertiary/aromatic N) is 3. The van der Waals surface area contributed by atoms with Gasteiger partial charge >= 0.3 is 0 Å². The van der Waals surface area contributed by atoms with Crippen LogP contribution >= 0.6 is 11.6 Å². The number of ether oxygens (including phenoxy) is 2. The summed E-state index contributed by atoms with van der Waals surface area (Å²) in [6.45, 7) is 6.48. The highest BCUT2D eigenvalue weighted by atomic mass is 35.5. The number of hydrogen-bond acceptors (Lipinski definition) is 6. The van der Waals surface area contributed by atoms with Gasteiger partial charge in [0.25, 0.3) is 0 Å². The Balaban J connectivity index is 1.37. The van der Waals surface area contributed by atoms with E-state index >= 15 is 0 Å². The van der Waals surface area contributed by atoms with Crippen LogP contribution in [0.5, 0.6) is 0 Å². The molecule has 7 nitrogen and oxygen atoms in total. The van der Waals surface area contributed by atoms with Crippen molar-refractivity contribution in [3.05, 3.63) is 35.5 Å². The number of hydrogen-bond donors (Lipinski definition) is 0. The van der Waals surface area contributed by atoms with Crippen LogP contribution in [-0.4, -0.2) is 32.7 Å². The first-order chi connectivity index (χ1) is 14.9. The molecule has 2 aromatic rings. The molecule has 2 bridgehead atoms. The summed E-state index contributed by atoms with van der Waals surface area (Å²) in [6, 6.07) is 7.63. The zero-order valence-corrected chi connectivity index (χ0v) is 18.8. The first-order valence-electron chi connectivity index (χ1n) is 11.3. The maximum absolute atomic E-state index is 6.62. The van der Waals surface area contributed by atoms with Gasteiger partial charge in [0.2, 0.25) is 5.79 Å². The molecule has 5 heterocycles. The lowest BCUT2D eigenvalue weighted by Crippen LogP contribution is -2.69. The van der Waals surface area contributed by atoms with Gasteiger partial charge in [-0.1, -0.05) is 42.8 Å². The summed E-state index contributed by atoms with van der Waals surface area (Å²) in [5.74, 6) is 0.520. The van der Waals surface area contributed by atoms with E-state index in [1.807, 2.05) is 42.1 Å². The summed E-state index contributed by atoms with van der Waals surface area (Å²) in [4.78, 5) is 12.1. The van der Waals surface area contributed by atoms with Crippen LogP contribution in [0.25, 0.3) is 11.3 Å². The van der Waals surface area contributed by atoms with Crippen LogP contribution in [-0.2, 0) is 19.2 Å². The molecule has 31 heavy (non-hydrogen) atoms. The number of halogens is 1. The van der Waals surface area contributed by atoms with Crippen molar-refractivity contribution in [3.63, 3.8) is 0 Å². The topological polar surface area (TPSA) is 67.6 Å². The molecule has 0 radical (unpaired) electrons. The molecule has 1 aromatic heterocycles. The normalized spacial score (nSPS) is 44.0. The average Bonchev–Trinajstić information content (AvgIpc) is 3.13. The van der Waals surface area contributed by atoms with E-state index in [4.69, 9.17) is 30.8 Å². The fourth-order valence-corrected chi connectivity index (χ4v) is 6.56. The molecule has 8 atom stereocenters. The Morgan fingerprint density at radius 3 is 2.84 bits per heavy atom. The summed E-state index contributed by atoms with van der Waals surface area (Å²) in [5, 5.41) is 9.49. The second-order valence-electron chi connectivity index (χ2n) is 9.89. The van der Waals surface area contributed by atoms with E-state index in [1.54, 1.807) is 0 Å². The highest BCUT2D eigenvalue weighted by molar-refractivity contribution is 6.30. The molecule has 4 aliphatic heterocycles. The summed E-state index contributed by atoms with van der Waals surface area (Å²) < 4.78 is 14.9. The number of fused-ring (bicyclic) bond motifs is 2. The molecule has 1 aliphatic carbocycles. The van der Waals surface area contributed by atoms with Crippen molar-refractivity contribution in [1.29, 1.82) is 0 Å². The van der Waals surface area contributed by atoms with Gasteiger partial charge in [0.05, 0.1) is 6.20 Å². The van der Waals surface area contributed by atoms with Crippen LogP contribution in [0.3, 0.4) is 0 Å². The van der Waals surface area contributed by atoms with Gasteiger partial charge in [0, 0.05) is 28.8 Å². The van der Waals surface area contributed by atoms with Crippen molar-refractivity contribution in [1.82, 2.24) is 15.0 Å². The Morgan fingerprint density at radius 2 is 2.00 bits per heavy atom. The number of aromatic nitrogens is 3. The third-order valence-corrected chi connectivity index (χ3v) is 8.25. The highest BCUT2D eigenvalue weighted by Crippen LogP contribution is 2.61. The minimum absolute atomic E-state index is 0.162. The fourth-order valence-electron chi connectivity index (χ4n) is 6.37. The van der Waals surface area contributed by atoms with Crippen LogP contribution in [0.2, 0.25) is 5.02 Å². The van der Waals surface area contributed by atoms with Crippen molar-refractivity contribution in [2.75, 3.05) is 0 Å².